The Morgan fingerprint density at radius 1 is 1.00 bits per heavy atom. The number of H-pyrrole nitrogens is 1. The minimum absolute atomic E-state index is 0.352. The third-order valence-corrected chi connectivity index (χ3v) is 2.82. The molecule has 1 aromatic carbocycles. The molecular formula is C14H9F3N2O. The molecule has 0 atom stereocenters. The molecular weight excluding hydrogens is 269 g/mol. The summed E-state index contributed by atoms with van der Waals surface area (Å²) in [6.45, 7) is 0. The first kappa shape index (κ1) is 12.5. The third-order valence-electron chi connectivity index (χ3n) is 2.82. The van der Waals surface area contributed by atoms with E-state index in [0.29, 0.717) is 5.65 Å². The van der Waals surface area contributed by atoms with Crippen molar-refractivity contribution in [2.24, 2.45) is 0 Å². The van der Waals surface area contributed by atoms with Crippen molar-refractivity contribution in [1.82, 2.24) is 9.97 Å². The van der Waals surface area contributed by atoms with E-state index in [2.05, 4.69) is 14.7 Å². The van der Waals surface area contributed by atoms with Crippen molar-refractivity contribution < 1.29 is 17.9 Å². The number of halogens is 3. The number of nitrogens with zero attached hydrogens (tertiary/aromatic N) is 1. The number of nitrogens with one attached hydrogen (secondary N) is 1. The smallest absolute Gasteiger partial charge is 0.388 e. The molecule has 0 saturated carbocycles. The van der Waals surface area contributed by atoms with Crippen LogP contribution in [0.5, 0.6) is 5.88 Å². The molecule has 2 aromatic heterocycles. The molecule has 0 aliphatic rings. The van der Waals surface area contributed by atoms with Gasteiger partial charge in [0, 0.05) is 23.2 Å². The van der Waals surface area contributed by atoms with Gasteiger partial charge < -0.3 is 9.72 Å². The number of alkyl halides is 3. The van der Waals surface area contributed by atoms with Crippen LogP contribution in [0.2, 0.25) is 0 Å². The topological polar surface area (TPSA) is 37.9 Å². The van der Waals surface area contributed by atoms with Gasteiger partial charge in [-0.05, 0) is 11.6 Å². The molecule has 0 amide bonds. The van der Waals surface area contributed by atoms with E-state index in [-0.39, 0.29) is 0 Å². The largest absolute Gasteiger partial charge is 0.574 e. The Bertz CT molecular complexity index is 735. The number of hydrogen-bond donors (Lipinski definition) is 1. The highest BCUT2D eigenvalue weighted by Crippen LogP contribution is 2.30. The van der Waals surface area contributed by atoms with Crippen molar-refractivity contribution in [2.45, 2.75) is 6.36 Å². The van der Waals surface area contributed by atoms with Gasteiger partial charge in [-0.3, -0.25) is 0 Å². The first-order valence-corrected chi connectivity index (χ1v) is 5.82. The van der Waals surface area contributed by atoms with Crippen molar-refractivity contribution in [3.05, 3.63) is 48.7 Å². The zero-order valence-corrected chi connectivity index (χ0v) is 10.1. The molecule has 3 nitrogen and oxygen atoms in total. The Morgan fingerprint density at radius 2 is 1.75 bits per heavy atom. The van der Waals surface area contributed by atoms with Crippen molar-refractivity contribution in [2.75, 3.05) is 0 Å². The summed E-state index contributed by atoms with van der Waals surface area (Å²) in [5.74, 6) is -0.480. The number of rotatable bonds is 2. The standard InChI is InChI=1S/C14H9F3N2O/c15-14(16,17)20-12-7-6-10-11(8-18-13(10)19-12)9-4-2-1-3-5-9/h1-8H,(H,18,19). The summed E-state index contributed by atoms with van der Waals surface area (Å²) in [4.78, 5) is 6.66. The summed E-state index contributed by atoms with van der Waals surface area (Å²) in [5, 5.41) is 0.741. The summed E-state index contributed by atoms with van der Waals surface area (Å²) in [6, 6.07) is 12.3. The average Bonchev–Trinajstić information content (AvgIpc) is 2.81. The van der Waals surface area contributed by atoms with Gasteiger partial charge in [0.1, 0.15) is 5.65 Å². The van der Waals surface area contributed by atoms with Crippen LogP contribution in [-0.2, 0) is 0 Å². The van der Waals surface area contributed by atoms with Crippen LogP contribution in [0.4, 0.5) is 13.2 Å². The molecule has 2 heterocycles. The minimum atomic E-state index is -4.74. The van der Waals surface area contributed by atoms with Crippen molar-refractivity contribution in [1.29, 1.82) is 0 Å². The van der Waals surface area contributed by atoms with Crippen LogP contribution < -0.4 is 4.74 Å². The SMILES string of the molecule is FC(F)(F)Oc1ccc2c(-c3ccccc3)c[nH]c2n1. The Hall–Kier alpha value is -2.50. The molecule has 6 heteroatoms. The van der Waals surface area contributed by atoms with E-state index in [1.165, 1.54) is 6.07 Å². The van der Waals surface area contributed by atoms with E-state index in [9.17, 15) is 13.2 Å². The molecule has 102 valence electrons. The van der Waals surface area contributed by atoms with Crippen molar-refractivity contribution in [3.8, 4) is 17.0 Å². The van der Waals surface area contributed by atoms with Gasteiger partial charge in [-0.15, -0.1) is 13.2 Å². The molecule has 3 rings (SSSR count). The van der Waals surface area contributed by atoms with Gasteiger partial charge >= 0.3 is 6.36 Å². The molecule has 0 aliphatic carbocycles. The van der Waals surface area contributed by atoms with E-state index < -0.39 is 12.2 Å². The fourth-order valence-corrected chi connectivity index (χ4v) is 2.02. The average molecular weight is 278 g/mol. The van der Waals surface area contributed by atoms with Crippen LogP contribution in [0.3, 0.4) is 0 Å². The first-order valence-electron chi connectivity index (χ1n) is 5.82. The maximum absolute atomic E-state index is 12.1. The highest BCUT2D eigenvalue weighted by Gasteiger charge is 2.31. The highest BCUT2D eigenvalue weighted by molar-refractivity contribution is 5.93. The number of fused-ring (bicyclic) bond motifs is 1. The Kier molecular flexibility index (Phi) is 2.85. The van der Waals surface area contributed by atoms with Crippen LogP contribution in [0, 0.1) is 0 Å². The first-order chi connectivity index (χ1) is 9.53. The molecule has 20 heavy (non-hydrogen) atoms. The molecule has 0 bridgehead atoms. The predicted octanol–water partition coefficient (Wildman–Crippen LogP) is 4.13. The summed E-state index contributed by atoms with van der Waals surface area (Å²) in [5.41, 5.74) is 2.20. The molecule has 1 N–H and O–H groups in total. The normalized spacial score (nSPS) is 11.8. The molecule has 0 saturated heterocycles. The Balaban J connectivity index is 2.03. The summed E-state index contributed by atoms with van der Waals surface area (Å²) in [7, 11) is 0. The summed E-state index contributed by atoms with van der Waals surface area (Å²) < 4.78 is 40.2. The number of benzene rings is 1. The molecule has 0 radical (unpaired) electrons. The van der Waals surface area contributed by atoms with Crippen LogP contribution in [0.15, 0.2) is 48.7 Å². The maximum atomic E-state index is 12.1. The molecule has 3 aromatic rings. The highest BCUT2D eigenvalue weighted by atomic mass is 19.4. The second kappa shape index (κ2) is 4.56. The zero-order valence-electron chi connectivity index (χ0n) is 10.1. The van der Waals surface area contributed by atoms with Gasteiger partial charge in [0.15, 0.2) is 0 Å². The summed E-state index contributed by atoms with van der Waals surface area (Å²) in [6.07, 6.45) is -3.03. The van der Waals surface area contributed by atoms with Gasteiger partial charge in [0.2, 0.25) is 5.88 Å². The summed E-state index contributed by atoms with van der Waals surface area (Å²) >= 11 is 0. The number of aromatic amines is 1. The van der Waals surface area contributed by atoms with Gasteiger partial charge in [-0.1, -0.05) is 30.3 Å². The lowest BCUT2D eigenvalue weighted by Gasteiger charge is -2.07. The Labute approximate surface area is 112 Å². The van der Waals surface area contributed by atoms with E-state index in [0.717, 1.165) is 16.5 Å². The lowest BCUT2D eigenvalue weighted by Crippen LogP contribution is -2.17. The molecule has 0 fully saturated rings. The van der Waals surface area contributed by atoms with Gasteiger partial charge in [-0.2, -0.15) is 4.98 Å². The maximum Gasteiger partial charge on any atom is 0.574 e. The fraction of sp³-hybridized carbons (Fsp3) is 0.0714. The molecule has 0 aliphatic heterocycles. The van der Waals surface area contributed by atoms with Gasteiger partial charge in [0.25, 0.3) is 0 Å². The van der Waals surface area contributed by atoms with Gasteiger partial charge in [0.05, 0.1) is 0 Å². The monoisotopic (exact) mass is 278 g/mol. The zero-order chi connectivity index (χ0) is 14.2. The van der Waals surface area contributed by atoms with Crippen LogP contribution in [0.1, 0.15) is 0 Å². The lowest BCUT2D eigenvalue weighted by atomic mass is 10.1. The van der Waals surface area contributed by atoms with Crippen LogP contribution in [-0.4, -0.2) is 16.3 Å². The number of hydrogen-bond acceptors (Lipinski definition) is 2. The fourth-order valence-electron chi connectivity index (χ4n) is 2.02. The number of ether oxygens (including phenoxy) is 1. The van der Waals surface area contributed by atoms with Crippen LogP contribution in [0.25, 0.3) is 22.2 Å². The van der Waals surface area contributed by atoms with E-state index in [4.69, 9.17) is 0 Å². The molecule has 0 spiro atoms. The second-order valence-corrected chi connectivity index (χ2v) is 4.16. The second-order valence-electron chi connectivity index (χ2n) is 4.16. The van der Waals surface area contributed by atoms with E-state index in [1.54, 1.807) is 12.3 Å². The van der Waals surface area contributed by atoms with E-state index >= 15 is 0 Å². The van der Waals surface area contributed by atoms with E-state index in [1.807, 2.05) is 30.3 Å². The van der Waals surface area contributed by atoms with Crippen molar-refractivity contribution in [3.63, 3.8) is 0 Å². The van der Waals surface area contributed by atoms with Crippen LogP contribution >= 0.6 is 0 Å². The Morgan fingerprint density at radius 3 is 2.45 bits per heavy atom. The minimum Gasteiger partial charge on any atom is -0.388 e. The van der Waals surface area contributed by atoms with Crippen molar-refractivity contribution >= 4 is 11.0 Å². The van der Waals surface area contributed by atoms with Gasteiger partial charge in [-0.25, -0.2) is 0 Å². The lowest BCUT2D eigenvalue weighted by molar-refractivity contribution is -0.276. The predicted molar refractivity (Wildman–Crippen MR) is 68.2 cm³/mol. The molecule has 0 unspecified atom stereocenters. The third kappa shape index (κ3) is 2.45. The number of pyridine rings is 1. The number of aromatic nitrogens is 2. The quantitative estimate of drug-likeness (QED) is 0.765.